The van der Waals surface area contributed by atoms with Gasteiger partial charge >= 0.3 is 6.18 Å². The van der Waals surface area contributed by atoms with Crippen molar-refractivity contribution in [3.05, 3.63) is 28.8 Å². The van der Waals surface area contributed by atoms with Crippen LogP contribution in [0.3, 0.4) is 0 Å². The van der Waals surface area contributed by atoms with Crippen molar-refractivity contribution in [2.75, 3.05) is 32.1 Å². The van der Waals surface area contributed by atoms with Crippen LogP contribution < -0.4 is 10.2 Å². The van der Waals surface area contributed by atoms with Crippen molar-refractivity contribution in [3.8, 4) is 0 Å². The molecule has 18 heavy (non-hydrogen) atoms. The molecule has 102 valence electrons. The summed E-state index contributed by atoms with van der Waals surface area (Å²) in [6, 6.07) is 2.99. The van der Waals surface area contributed by atoms with Gasteiger partial charge in [0.2, 0.25) is 0 Å². The Hall–Kier alpha value is -1.23. The van der Waals surface area contributed by atoms with E-state index in [9.17, 15) is 13.2 Å². The van der Waals surface area contributed by atoms with Gasteiger partial charge in [-0.3, -0.25) is 0 Å². The molecule has 0 unspecified atom stereocenters. The van der Waals surface area contributed by atoms with Gasteiger partial charge in [-0.2, -0.15) is 13.2 Å². The van der Waals surface area contributed by atoms with Gasteiger partial charge in [-0.05, 0) is 44.2 Å². The van der Waals surface area contributed by atoms with Crippen LogP contribution in [0.1, 0.15) is 16.7 Å². The minimum Gasteiger partial charge on any atom is -0.373 e. The van der Waals surface area contributed by atoms with Gasteiger partial charge in [0.15, 0.2) is 0 Å². The second-order valence-electron chi connectivity index (χ2n) is 4.48. The van der Waals surface area contributed by atoms with Crippen molar-refractivity contribution >= 4 is 5.69 Å². The van der Waals surface area contributed by atoms with Gasteiger partial charge < -0.3 is 10.2 Å². The van der Waals surface area contributed by atoms with Gasteiger partial charge in [-0.25, -0.2) is 0 Å². The summed E-state index contributed by atoms with van der Waals surface area (Å²) in [6.07, 6.45) is -4.30. The molecule has 0 aliphatic heterocycles. The number of rotatable bonds is 4. The van der Waals surface area contributed by atoms with Gasteiger partial charge in [0, 0.05) is 25.8 Å². The lowest BCUT2D eigenvalue weighted by Gasteiger charge is -2.24. The summed E-state index contributed by atoms with van der Waals surface area (Å²) < 4.78 is 38.7. The number of alkyl halides is 3. The van der Waals surface area contributed by atoms with Crippen LogP contribution in [0.5, 0.6) is 0 Å². The second kappa shape index (κ2) is 5.61. The van der Waals surface area contributed by atoms with E-state index in [-0.39, 0.29) is 5.56 Å². The number of nitrogens with zero attached hydrogens (tertiary/aromatic N) is 1. The molecule has 1 rings (SSSR count). The number of anilines is 1. The fourth-order valence-corrected chi connectivity index (χ4v) is 1.93. The van der Waals surface area contributed by atoms with Crippen LogP contribution in [0, 0.1) is 13.8 Å². The summed E-state index contributed by atoms with van der Waals surface area (Å²) in [5.41, 5.74) is 0.998. The highest BCUT2D eigenvalue weighted by Gasteiger charge is 2.33. The Morgan fingerprint density at radius 2 is 1.83 bits per heavy atom. The van der Waals surface area contributed by atoms with E-state index >= 15 is 0 Å². The number of hydrogen-bond acceptors (Lipinski definition) is 2. The molecule has 1 aromatic carbocycles. The third kappa shape index (κ3) is 3.38. The fraction of sp³-hybridized carbons (Fsp3) is 0.538. The number of halogens is 3. The van der Waals surface area contributed by atoms with Crippen LogP contribution in [0.4, 0.5) is 18.9 Å². The third-order valence-electron chi connectivity index (χ3n) is 2.94. The van der Waals surface area contributed by atoms with E-state index in [1.54, 1.807) is 20.0 Å². The molecule has 0 aliphatic carbocycles. The lowest BCUT2D eigenvalue weighted by atomic mass is 10.0. The van der Waals surface area contributed by atoms with Gasteiger partial charge in [0.25, 0.3) is 0 Å². The first-order valence-corrected chi connectivity index (χ1v) is 5.81. The van der Waals surface area contributed by atoms with E-state index in [2.05, 4.69) is 5.32 Å². The van der Waals surface area contributed by atoms with Crippen molar-refractivity contribution in [2.24, 2.45) is 0 Å². The highest BCUT2D eigenvalue weighted by molar-refractivity contribution is 5.58. The Morgan fingerprint density at radius 1 is 1.22 bits per heavy atom. The van der Waals surface area contributed by atoms with E-state index in [1.165, 1.54) is 13.0 Å². The molecule has 0 saturated carbocycles. The van der Waals surface area contributed by atoms with Crippen LogP contribution >= 0.6 is 0 Å². The van der Waals surface area contributed by atoms with E-state index in [0.717, 1.165) is 6.54 Å². The summed E-state index contributed by atoms with van der Waals surface area (Å²) >= 11 is 0. The summed E-state index contributed by atoms with van der Waals surface area (Å²) in [7, 11) is 3.62. The monoisotopic (exact) mass is 260 g/mol. The second-order valence-corrected chi connectivity index (χ2v) is 4.48. The van der Waals surface area contributed by atoms with E-state index in [1.807, 2.05) is 11.9 Å². The first-order chi connectivity index (χ1) is 8.27. The highest BCUT2D eigenvalue weighted by Crippen LogP contribution is 2.36. The molecule has 1 N–H and O–H groups in total. The van der Waals surface area contributed by atoms with E-state index in [4.69, 9.17) is 0 Å². The zero-order valence-electron chi connectivity index (χ0n) is 11.2. The lowest BCUT2D eigenvalue weighted by Crippen LogP contribution is -2.28. The first-order valence-electron chi connectivity index (χ1n) is 5.81. The molecule has 0 spiro atoms. The largest absolute Gasteiger partial charge is 0.416 e. The van der Waals surface area contributed by atoms with Crippen molar-refractivity contribution < 1.29 is 13.2 Å². The number of benzene rings is 1. The van der Waals surface area contributed by atoms with Crippen LogP contribution in [0.2, 0.25) is 0 Å². The van der Waals surface area contributed by atoms with Crippen molar-refractivity contribution in [1.29, 1.82) is 0 Å². The Balaban J connectivity index is 3.17. The quantitative estimate of drug-likeness (QED) is 0.895. The fourth-order valence-electron chi connectivity index (χ4n) is 1.93. The van der Waals surface area contributed by atoms with Crippen LogP contribution in [-0.2, 0) is 6.18 Å². The standard InChI is InChI=1S/C13H19F3N2/c1-9-7-11(13(14,15)16)10(2)12(8-9)18(4)6-5-17-3/h7-8,17H,5-6H2,1-4H3. The maximum absolute atomic E-state index is 12.9. The molecule has 0 bridgehead atoms. The summed E-state index contributed by atoms with van der Waals surface area (Å²) in [5, 5.41) is 2.98. The van der Waals surface area contributed by atoms with Crippen molar-refractivity contribution in [2.45, 2.75) is 20.0 Å². The van der Waals surface area contributed by atoms with Crippen molar-refractivity contribution in [3.63, 3.8) is 0 Å². The molecule has 0 amide bonds. The van der Waals surface area contributed by atoms with E-state index in [0.29, 0.717) is 17.8 Å². The average Bonchev–Trinajstić information content (AvgIpc) is 2.27. The number of hydrogen-bond donors (Lipinski definition) is 1. The Morgan fingerprint density at radius 3 is 2.33 bits per heavy atom. The molecule has 1 aromatic rings. The zero-order chi connectivity index (χ0) is 13.9. The predicted molar refractivity (Wildman–Crippen MR) is 68.1 cm³/mol. The first kappa shape index (κ1) is 14.8. The Bertz CT molecular complexity index is 413. The number of likely N-dealkylation sites (N-methyl/N-ethyl adjacent to an activating group) is 2. The Kier molecular flexibility index (Phi) is 4.62. The molecule has 0 radical (unpaired) electrons. The molecule has 0 aromatic heterocycles. The van der Waals surface area contributed by atoms with Gasteiger partial charge in [-0.15, -0.1) is 0 Å². The van der Waals surface area contributed by atoms with Gasteiger partial charge in [0.1, 0.15) is 0 Å². The number of nitrogens with one attached hydrogen (secondary N) is 1. The molecule has 5 heteroatoms. The van der Waals surface area contributed by atoms with E-state index < -0.39 is 11.7 Å². The number of aryl methyl sites for hydroxylation is 1. The maximum atomic E-state index is 12.9. The molecule has 2 nitrogen and oxygen atoms in total. The normalized spacial score (nSPS) is 11.7. The van der Waals surface area contributed by atoms with Crippen molar-refractivity contribution in [1.82, 2.24) is 5.32 Å². The van der Waals surface area contributed by atoms with Gasteiger partial charge in [0.05, 0.1) is 5.56 Å². The Labute approximate surface area is 106 Å². The minimum atomic E-state index is -4.30. The minimum absolute atomic E-state index is 0.284. The molecule has 0 aliphatic rings. The molecule has 0 saturated heterocycles. The third-order valence-corrected chi connectivity index (χ3v) is 2.94. The lowest BCUT2D eigenvalue weighted by molar-refractivity contribution is -0.138. The molecular weight excluding hydrogens is 241 g/mol. The topological polar surface area (TPSA) is 15.3 Å². The summed E-state index contributed by atoms with van der Waals surface area (Å²) in [6.45, 7) is 4.60. The summed E-state index contributed by atoms with van der Waals surface area (Å²) in [4.78, 5) is 1.84. The molecule has 0 atom stereocenters. The highest BCUT2D eigenvalue weighted by atomic mass is 19.4. The van der Waals surface area contributed by atoms with Crippen LogP contribution in [0.15, 0.2) is 12.1 Å². The summed E-state index contributed by atoms with van der Waals surface area (Å²) in [5.74, 6) is 0. The van der Waals surface area contributed by atoms with Gasteiger partial charge in [-0.1, -0.05) is 0 Å². The maximum Gasteiger partial charge on any atom is 0.416 e. The molecule has 0 fully saturated rings. The zero-order valence-corrected chi connectivity index (χ0v) is 11.2. The van der Waals surface area contributed by atoms with Crippen LogP contribution in [-0.4, -0.2) is 27.2 Å². The smallest absolute Gasteiger partial charge is 0.373 e. The average molecular weight is 260 g/mol. The predicted octanol–water partition coefficient (Wildman–Crippen LogP) is 2.98. The van der Waals surface area contributed by atoms with Crippen LogP contribution in [0.25, 0.3) is 0 Å². The molecule has 0 heterocycles. The SMILES string of the molecule is CNCCN(C)c1cc(C)cc(C(F)(F)F)c1C. The molecular formula is C13H19F3N2.